The molecule has 1 unspecified atom stereocenters. The smallest absolute Gasteiger partial charge is 0.131 e. The van der Waals surface area contributed by atoms with Crippen LogP contribution in [0, 0.1) is 0 Å². The molecule has 1 fully saturated rings. The molecule has 19 heavy (non-hydrogen) atoms. The molecule has 1 aromatic rings. The number of ether oxygens (including phenoxy) is 1. The summed E-state index contributed by atoms with van der Waals surface area (Å²) in [4.78, 5) is 8.44. The van der Waals surface area contributed by atoms with E-state index in [1.54, 1.807) is 6.33 Å². The van der Waals surface area contributed by atoms with Crippen molar-refractivity contribution >= 4 is 11.6 Å². The second kappa shape index (κ2) is 6.16. The van der Waals surface area contributed by atoms with Crippen LogP contribution in [0.5, 0.6) is 0 Å². The van der Waals surface area contributed by atoms with Gasteiger partial charge in [0.15, 0.2) is 0 Å². The number of hydrogen-bond acceptors (Lipinski definition) is 6. The van der Waals surface area contributed by atoms with Gasteiger partial charge >= 0.3 is 0 Å². The summed E-state index contributed by atoms with van der Waals surface area (Å²) in [6.07, 6.45) is 1.57. The van der Waals surface area contributed by atoms with Crippen LogP contribution in [0.4, 0.5) is 11.6 Å². The van der Waals surface area contributed by atoms with Crippen molar-refractivity contribution in [1.82, 2.24) is 15.3 Å². The Morgan fingerprint density at radius 3 is 2.84 bits per heavy atom. The minimum atomic E-state index is -0.00954. The molecule has 0 spiro atoms. The lowest BCUT2D eigenvalue weighted by atomic mass is 10.1. The van der Waals surface area contributed by atoms with Gasteiger partial charge in [-0.3, -0.25) is 0 Å². The zero-order valence-electron chi connectivity index (χ0n) is 11.9. The fourth-order valence-electron chi connectivity index (χ4n) is 1.89. The van der Waals surface area contributed by atoms with Gasteiger partial charge in [-0.2, -0.15) is 0 Å². The number of rotatable bonds is 4. The van der Waals surface area contributed by atoms with Crippen LogP contribution < -0.4 is 16.0 Å². The van der Waals surface area contributed by atoms with E-state index in [0.29, 0.717) is 6.04 Å². The standard InChI is InChI=1S/C13H23N5O/c1-13(2,3)18-12-6-11(16-9-17-12)15-7-10-8-19-5-4-14-10/h6,9-10,14H,4-5,7-8H2,1-3H3,(H2,15,16,17,18). The molecule has 2 heterocycles. The van der Waals surface area contributed by atoms with E-state index in [0.717, 1.165) is 37.9 Å². The van der Waals surface area contributed by atoms with E-state index >= 15 is 0 Å². The summed E-state index contributed by atoms with van der Waals surface area (Å²) in [5.74, 6) is 1.66. The molecule has 6 nitrogen and oxygen atoms in total. The summed E-state index contributed by atoms with van der Waals surface area (Å²) in [5, 5.41) is 10.0. The van der Waals surface area contributed by atoms with Crippen LogP contribution in [-0.4, -0.2) is 47.9 Å². The molecule has 0 amide bonds. The van der Waals surface area contributed by atoms with Gasteiger partial charge in [0.1, 0.15) is 18.0 Å². The Morgan fingerprint density at radius 2 is 2.16 bits per heavy atom. The SMILES string of the molecule is CC(C)(C)Nc1cc(NCC2COCCN2)ncn1. The van der Waals surface area contributed by atoms with Gasteiger partial charge in [0.05, 0.1) is 13.2 Å². The third-order valence-corrected chi connectivity index (χ3v) is 2.70. The van der Waals surface area contributed by atoms with Crippen LogP contribution in [0.15, 0.2) is 12.4 Å². The number of nitrogens with zero attached hydrogens (tertiary/aromatic N) is 2. The maximum absolute atomic E-state index is 5.41. The molecule has 1 aromatic heterocycles. The predicted octanol–water partition coefficient (Wildman–Crippen LogP) is 1.09. The summed E-state index contributed by atoms with van der Waals surface area (Å²) in [7, 11) is 0. The van der Waals surface area contributed by atoms with Crippen molar-refractivity contribution < 1.29 is 4.74 Å². The average Bonchev–Trinajstić information content (AvgIpc) is 2.36. The first-order valence-electron chi connectivity index (χ1n) is 6.68. The zero-order chi connectivity index (χ0) is 13.7. The monoisotopic (exact) mass is 265 g/mol. The van der Waals surface area contributed by atoms with E-state index < -0.39 is 0 Å². The van der Waals surface area contributed by atoms with E-state index in [9.17, 15) is 0 Å². The highest BCUT2D eigenvalue weighted by Crippen LogP contribution is 2.14. The molecule has 3 N–H and O–H groups in total. The first kappa shape index (κ1) is 14.0. The topological polar surface area (TPSA) is 71.1 Å². The summed E-state index contributed by atoms with van der Waals surface area (Å²) < 4.78 is 5.41. The molecule has 0 aromatic carbocycles. The number of hydrogen-bond donors (Lipinski definition) is 3. The van der Waals surface area contributed by atoms with Crippen molar-refractivity contribution in [2.45, 2.75) is 32.4 Å². The summed E-state index contributed by atoms with van der Waals surface area (Å²) >= 11 is 0. The molecular formula is C13H23N5O. The Morgan fingerprint density at radius 1 is 1.37 bits per heavy atom. The minimum absolute atomic E-state index is 0.00954. The molecule has 1 saturated heterocycles. The Kier molecular flexibility index (Phi) is 4.55. The highest BCUT2D eigenvalue weighted by Gasteiger charge is 2.13. The molecule has 0 radical (unpaired) electrons. The molecule has 0 aliphatic carbocycles. The molecule has 0 saturated carbocycles. The quantitative estimate of drug-likeness (QED) is 0.757. The minimum Gasteiger partial charge on any atom is -0.378 e. The lowest BCUT2D eigenvalue weighted by Crippen LogP contribution is -2.45. The first-order valence-corrected chi connectivity index (χ1v) is 6.68. The van der Waals surface area contributed by atoms with Crippen LogP contribution in [0.2, 0.25) is 0 Å². The first-order chi connectivity index (χ1) is 9.03. The second-order valence-corrected chi connectivity index (χ2v) is 5.77. The van der Waals surface area contributed by atoms with Gasteiger partial charge < -0.3 is 20.7 Å². The summed E-state index contributed by atoms with van der Waals surface area (Å²) in [5.41, 5.74) is -0.00954. The van der Waals surface area contributed by atoms with Gasteiger partial charge in [-0.15, -0.1) is 0 Å². The van der Waals surface area contributed by atoms with E-state index in [4.69, 9.17) is 4.74 Å². The van der Waals surface area contributed by atoms with Crippen molar-refractivity contribution in [3.8, 4) is 0 Å². The molecule has 1 aliphatic rings. The van der Waals surface area contributed by atoms with E-state index in [-0.39, 0.29) is 5.54 Å². The highest BCUT2D eigenvalue weighted by molar-refractivity contribution is 5.47. The fourth-order valence-corrected chi connectivity index (χ4v) is 1.89. The van der Waals surface area contributed by atoms with Gasteiger partial charge in [-0.1, -0.05) is 0 Å². The Balaban J connectivity index is 1.87. The fraction of sp³-hybridized carbons (Fsp3) is 0.692. The van der Waals surface area contributed by atoms with Gasteiger partial charge in [-0.25, -0.2) is 9.97 Å². The third-order valence-electron chi connectivity index (χ3n) is 2.70. The molecule has 106 valence electrons. The van der Waals surface area contributed by atoms with Crippen molar-refractivity contribution in [3.05, 3.63) is 12.4 Å². The lowest BCUT2D eigenvalue weighted by molar-refractivity contribution is 0.0806. The average molecular weight is 265 g/mol. The Labute approximate surface area is 114 Å². The van der Waals surface area contributed by atoms with Gasteiger partial charge in [0.25, 0.3) is 0 Å². The van der Waals surface area contributed by atoms with Crippen molar-refractivity contribution in [3.63, 3.8) is 0 Å². The van der Waals surface area contributed by atoms with E-state index in [2.05, 4.69) is 46.7 Å². The number of anilines is 2. The van der Waals surface area contributed by atoms with Crippen molar-refractivity contribution in [2.75, 3.05) is 36.9 Å². The van der Waals surface area contributed by atoms with Crippen LogP contribution in [0.3, 0.4) is 0 Å². The third kappa shape index (κ3) is 5.00. The van der Waals surface area contributed by atoms with Crippen molar-refractivity contribution in [1.29, 1.82) is 0 Å². The maximum Gasteiger partial charge on any atom is 0.131 e. The normalized spacial score (nSPS) is 20.1. The number of aromatic nitrogens is 2. The molecule has 2 rings (SSSR count). The van der Waals surface area contributed by atoms with E-state index in [1.807, 2.05) is 6.07 Å². The summed E-state index contributed by atoms with van der Waals surface area (Å²) in [6.45, 7) is 9.55. The predicted molar refractivity (Wildman–Crippen MR) is 76.5 cm³/mol. The maximum atomic E-state index is 5.41. The largest absolute Gasteiger partial charge is 0.378 e. The van der Waals surface area contributed by atoms with Gasteiger partial charge in [0, 0.05) is 30.7 Å². The Bertz CT molecular complexity index is 398. The van der Waals surface area contributed by atoms with Crippen LogP contribution >= 0.6 is 0 Å². The van der Waals surface area contributed by atoms with Crippen LogP contribution in [0.25, 0.3) is 0 Å². The Hall–Kier alpha value is -1.40. The van der Waals surface area contributed by atoms with Crippen molar-refractivity contribution in [2.24, 2.45) is 0 Å². The van der Waals surface area contributed by atoms with E-state index in [1.165, 1.54) is 0 Å². The van der Waals surface area contributed by atoms with Crippen LogP contribution in [-0.2, 0) is 4.74 Å². The number of morpholine rings is 1. The molecule has 0 bridgehead atoms. The highest BCUT2D eigenvalue weighted by atomic mass is 16.5. The van der Waals surface area contributed by atoms with Gasteiger partial charge in [-0.05, 0) is 20.8 Å². The molecular weight excluding hydrogens is 242 g/mol. The zero-order valence-corrected chi connectivity index (χ0v) is 11.9. The molecule has 1 aliphatic heterocycles. The molecule has 6 heteroatoms. The molecule has 1 atom stereocenters. The lowest BCUT2D eigenvalue weighted by Gasteiger charge is -2.24. The van der Waals surface area contributed by atoms with Crippen LogP contribution in [0.1, 0.15) is 20.8 Å². The summed E-state index contributed by atoms with van der Waals surface area (Å²) in [6, 6.07) is 2.26. The second-order valence-electron chi connectivity index (χ2n) is 5.77. The number of nitrogens with one attached hydrogen (secondary N) is 3. The van der Waals surface area contributed by atoms with Gasteiger partial charge in [0.2, 0.25) is 0 Å².